The maximum atomic E-state index is 12.4. The van der Waals surface area contributed by atoms with E-state index in [0.717, 1.165) is 23.4 Å². The molecule has 0 bridgehead atoms. The Morgan fingerprint density at radius 3 is 2.39 bits per heavy atom. The lowest BCUT2D eigenvalue weighted by Gasteiger charge is -2.07. The van der Waals surface area contributed by atoms with Gasteiger partial charge < -0.3 is 5.32 Å². The number of rotatable bonds is 3. The molecule has 0 amide bonds. The van der Waals surface area contributed by atoms with Crippen LogP contribution in [-0.2, 0) is 12.7 Å². The first-order chi connectivity index (χ1) is 8.49. The molecule has 0 unspecified atom stereocenters. The highest BCUT2D eigenvalue weighted by Gasteiger charge is 2.29. The molecule has 0 saturated carbocycles. The first-order valence-electron chi connectivity index (χ1n) is 5.35. The molecule has 0 radical (unpaired) electrons. The van der Waals surface area contributed by atoms with Gasteiger partial charge in [0.05, 0.1) is 24.0 Å². The molecule has 6 heteroatoms. The quantitative estimate of drug-likeness (QED) is 0.913. The molecule has 2 aromatic rings. The van der Waals surface area contributed by atoms with Gasteiger partial charge in [-0.15, -0.1) is 0 Å². The molecule has 3 nitrogen and oxygen atoms in total. The number of hydrogen-bond acceptors (Lipinski definition) is 2. The molecule has 0 spiro atoms. The van der Waals surface area contributed by atoms with Gasteiger partial charge in [0.1, 0.15) is 0 Å². The molecular formula is C12H12F3N3. The molecule has 0 aliphatic rings. The number of hydrogen-bond donors (Lipinski definition) is 1. The maximum Gasteiger partial charge on any atom is 0.416 e. The Morgan fingerprint density at radius 1 is 1.22 bits per heavy atom. The van der Waals surface area contributed by atoms with E-state index in [2.05, 4.69) is 10.4 Å². The van der Waals surface area contributed by atoms with Gasteiger partial charge in [-0.3, -0.25) is 4.68 Å². The van der Waals surface area contributed by atoms with E-state index < -0.39 is 11.7 Å². The lowest BCUT2D eigenvalue weighted by atomic mass is 10.1. The Balaban J connectivity index is 2.11. The number of benzene rings is 1. The molecule has 0 fully saturated rings. The normalized spacial score (nSPS) is 11.6. The third-order valence-electron chi connectivity index (χ3n) is 2.55. The highest BCUT2D eigenvalue weighted by Crippen LogP contribution is 2.29. The first-order valence-corrected chi connectivity index (χ1v) is 5.35. The van der Waals surface area contributed by atoms with Crippen LogP contribution >= 0.6 is 0 Å². The molecule has 0 aliphatic heterocycles. The van der Waals surface area contributed by atoms with E-state index in [1.165, 1.54) is 12.1 Å². The molecular weight excluding hydrogens is 243 g/mol. The fraction of sp³-hybridized carbons (Fsp3) is 0.250. The van der Waals surface area contributed by atoms with E-state index in [1.807, 2.05) is 0 Å². The van der Waals surface area contributed by atoms with Crippen LogP contribution in [0.2, 0.25) is 0 Å². The van der Waals surface area contributed by atoms with Crippen molar-refractivity contribution in [3.05, 3.63) is 47.8 Å². The number of aromatic nitrogens is 2. The monoisotopic (exact) mass is 255 g/mol. The summed E-state index contributed by atoms with van der Waals surface area (Å²) >= 11 is 0. The van der Waals surface area contributed by atoms with Gasteiger partial charge in [-0.2, -0.15) is 18.3 Å². The van der Waals surface area contributed by atoms with Gasteiger partial charge in [0.2, 0.25) is 0 Å². The molecule has 1 heterocycles. The number of anilines is 1. The molecule has 1 aromatic heterocycles. The summed E-state index contributed by atoms with van der Waals surface area (Å²) in [6.45, 7) is 0.444. The van der Waals surface area contributed by atoms with E-state index >= 15 is 0 Å². The van der Waals surface area contributed by atoms with Gasteiger partial charge >= 0.3 is 6.18 Å². The van der Waals surface area contributed by atoms with Crippen molar-refractivity contribution in [3.63, 3.8) is 0 Å². The van der Waals surface area contributed by atoms with Crippen LogP contribution in [0.4, 0.5) is 18.9 Å². The van der Waals surface area contributed by atoms with Crippen molar-refractivity contribution in [2.75, 3.05) is 12.4 Å². The molecule has 1 N–H and O–H groups in total. The van der Waals surface area contributed by atoms with Crippen LogP contribution in [0.15, 0.2) is 36.7 Å². The van der Waals surface area contributed by atoms with E-state index in [-0.39, 0.29) is 0 Å². The van der Waals surface area contributed by atoms with Gasteiger partial charge in [-0.05, 0) is 17.7 Å². The molecule has 18 heavy (non-hydrogen) atoms. The van der Waals surface area contributed by atoms with Crippen LogP contribution < -0.4 is 5.32 Å². The number of nitrogens with zero attached hydrogens (tertiary/aromatic N) is 2. The average molecular weight is 255 g/mol. The van der Waals surface area contributed by atoms with Crippen LogP contribution in [0.3, 0.4) is 0 Å². The van der Waals surface area contributed by atoms with Crippen molar-refractivity contribution in [3.8, 4) is 0 Å². The molecule has 0 atom stereocenters. The zero-order chi connectivity index (χ0) is 13.2. The Morgan fingerprint density at radius 2 is 1.89 bits per heavy atom. The van der Waals surface area contributed by atoms with Crippen LogP contribution in [-0.4, -0.2) is 16.8 Å². The summed E-state index contributed by atoms with van der Waals surface area (Å²) in [5.41, 5.74) is 0.998. The predicted octanol–water partition coefficient (Wildman–Crippen LogP) is 2.99. The second-order valence-electron chi connectivity index (χ2n) is 3.87. The SMILES string of the molecule is CNc1cnn(Cc2ccc(C(F)(F)F)cc2)c1. The summed E-state index contributed by atoms with van der Waals surface area (Å²) in [6, 6.07) is 5.09. The van der Waals surface area contributed by atoms with E-state index in [1.54, 1.807) is 24.1 Å². The van der Waals surface area contributed by atoms with Crippen molar-refractivity contribution in [2.24, 2.45) is 0 Å². The van der Waals surface area contributed by atoms with Crippen LogP contribution in [0.5, 0.6) is 0 Å². The van der Waals surface area contributed by atoms with E-state index in [9.17, 15) is 13.2 Å². The highest BCUT2D eigenvalue weighted by atomic mass is 19.4. The summed E-state index contributed by atoms with van der Waals surface area (Å²) in [5, 5.41) is 7.02. The Hall–Kier alpha value is -1.98. The molecule has 96 valence electrons. The standard InChI is InChI=1S/C12H12F3N3/c1-16-11-6-17-18(8-11)7-9-2-4-10(5-3-9)12(13,14)15/h2-6,8,16H,7H2,1H3. The first kappa shape index (κ1) is 12.5. The topological polar surface area (TPSA) is 29.9 Å². The second kappa shape index (κ2) is 4.72. The summed E-state index contributed by atoms with van der Waals surface area (Å²) in [7, 11) is 1.78. The Bertz CT molecular complexity index is 514. The van der Waals surface area contributed by atoms with Gasteiger partial charge in [-0.1, -0.05) is 12.1 Å². The number of halogens is 3. The molecule has 0 aliphatic carbocycles. The van der Waals surface area contributed by atoms with Crippen LogP contribution in [0.1, 0.15) is 11.1 Å². The summed E-state index contributed by atoms with van der Waals surface area (Å²) in [5.74, 6) is 0. The summed E-state index contributed by atoms with van der Waals surface area (Å²) < 4.78 is 38.8. The van der Waals surface area contributed by atoms with Crippen LogP contribution in [0.25, 0.3) is 0 Å². The summed E-state index contributed by atoms with van der Waals surface area (Å²) in [6.07, 6.45) is -0.842. The zero-order valence-electron chi connectivity index (χ0n) is 9.70. The van der Waals surface area contributed by atoms with Crippen molar-refractivity contribution >= 4 is 5.69 Å². The molecule has 0 saturated heterocycles. The lowest BCUT2D eigenvalue weighted by Crippen LogP contribution is -2.05. The second-order valence-corrected chi connectivity index (χ2v) is 3.87. The largest absolute Gasteiger partial charge is 0.416 e. The van der Waals surface area contributed by atoms with Crippen LogP contribution in [0, 0.1) is 0 Å². The van der Waals surface area contributed by atoms with Crippen molar-refractivity contribution in [1.29, 1.82) is 0 Å². The Kier molecular flexibility index (Phi) is 3.27. The zero-order valence-corrected chi connectivity index (χ0v) is 9.70. The molecule has 2 rings (SSSR count). The average Bonchev–Trinajstić information content (AvgIpc) is 2.76. The number of alkyl halides is 3. The van der Waals surface area contributed by atoms with E-state index in [4.69, 9.17) is 0 Å². The van der Waals surface area contributed by atoms with Gasteiger partial charge in [0, 0.05) is 13.2 Å². The van der Waals surface area contributed by atoms with Gasteiger partial charge in [0.15, 0.2) is 0 Å². The number of nitrogens with one attached hydrogen (secondary N) is 1. The van der Waals surface area contributed by atoms with Crippen molar-refractivity contribution in [1.82, 2.24) is 9.78 Å². The fourth-order valence-corrected chi connectivity index (χ4v) is 1.57. The van der Waals surface area contributed by atoms with Crippen molar-refractivity contribution in [2.45, 2.75) is 12.7 Å². The summed E-state index contributed by atoms with van der Waals surface area (Å²) in [4.78, 5) is 0. The van der Waals surface area contributed by atoms with Gasteiger partial charge in [-0.25, -0.2) is 0 Å². The lowest BCUT2D eigenvalue weighted by molar-refractivity contribution is -0.137. The highest BCUT2D eigenvalue weighted by molar-refractivity contribution is 5.37. The third-order valence-corrected chi connectivity index (χ3v) is 2.55. The molecule has 1 aromatic carbocycles. The fourth-order valence-electron chi connectivity index (χ4n) is 1.57. The van der Waals surface area contributed by atoms with Gasteiger partial charge in [0.25, 0.3) is 0 Å². The third kappa shape index (κ3) is 2.82. The Labute approximate surface area is 102 Å². The minimum absolute atomic E-state index is 0.444. The minimum Gasteiger partial charge on any atom is -0.386 e. The van der Waals surface area contributed by atoms with E-state index in [0.29, 0.717) is 6.54 Å². The van der Waals surface area contributed by atoms with Crippen molar-refractivity contribution < 1.29 is 13.2 Å². The minimum atomic E-state index is -4.29. The maximum absolute atomic E-state index is 12.4. The smallest absolute Gasteiger partial charge is 0.386 e. The predicted molar refractivity (Wildman–Crippen MR) is 62.3 cm³/mol.